The van der Waals surface area contributed by atoms with E-state index in [1.165, 1.54) is 24.1 Å². The maximum absolute atomic E-state index is 10.9. The average molecular weight is 492 g/mol. The van der Waals surface area contributed by atoms with Crippen LogP contribution in [0.1, 0.15) is 62.5 Å². The molecule has 3 atom stereocenters. The van der Waals surface area contributed by atoms with Gasteiger partial charge in [-0.25, -0.2) is 0 Å². The Balaban J connectivity index is 0.000000317. The number of hydrogen-bond donors (Lipinski definition) is 1. The van der Waals surface area contributed by atoms with Gasteiger partial charge in [0.1, 0.15) is 0 Å². The number of benzene rings is 2. The van der Waals surface area contributed by atoms with Crippen LogP contribution in [0.2, 0.25) is 0 Å². The molecule has 5 heteroatoms. The van der Waals surface area contributed by atoms with Gasteiger partial charge in [-0.15, -0.1) is 25.7 Å². The summed E-state index contributed by atoms with van der Waals surface area (Å²) in [4.78, 5) is 12.9. The van der Waals surface area contributed by atoms with Gasteiger partial charge in [-0.2, -0.15) is 0 Å². The fourth-order valence-corrected chi connectivity index (χ4v) is 4.99. The fourth-order valence-electron chi connectivity index (χ4n) is 4.99. The lowest BCUT2D eigenvalue weighted by molar-refractivity contribution is -0.636. The molecule has 2 aliphatic heterocycles. The van der Waals surface area contributed by atoms with E-state index >= 15 is 0 Å². The van der Waals surface area contributed by atoms with Crippen LogP contribution in [0.3, 0.4) is 0 Å². The fraction of sp³-hybridized carbons (Fsp3) is 0.452. The molecule has 0 bridgehead atoms. The number of quaternary nitrogens is 1. The number of amides is 1. The van der Waals surface area contributed by atoms with E-state index in [2.05, 4.69) is 80.4 Å². The van der Waals surface area contributed by atoms with Gasteiger partial charge in [0.2, 0.25) is 6.41 Å². The molecule has 36 heavy (non-hydrogen) atoms. The Morgan fingerprint density at radius 2 is 1.72 bits per heavy atom. The highest BCUT2D eigenvalue weighted by atomic mass is 16.5. The minimum absolute atomic E-state index is 0.427. The minimum atomic E-state index is 0.427. The van der Waals surface area contributed by atoms with Crippen molar-refractivity contribution < 1.29 is 19.6 Å². The van der Waals surface area contributed by atoms with Crippen molar-refractivity contribution in [1.82, 2.24) is 4.90 Å². The zero-order chi connectivity index (χ0) is 26.8. The van der Waals surface area contributed by atoms with E-state index in [0.29, 0.717) is 24.5 Å². The third-order valence-corrected chi connectivity index (χ3v) is 6.77. The van der Waals surface area contributed by atoms with E-state index in [-0.39, 0.29) is 0 Å². The Labute approximate surface area is 218 Å². The van der Waals surface area contributed by atoms with Gasteiger partial charge in [0.05, 0.1) is 26.8 Å². The van der Waals surface area contributed by atoms with Crippen LogP contribution in [-0.4, -0.2) is 50.7 Å². The molecular weight excluding hydrogens is 448 g/mol. The molecule has 2 fully saturated rings. The van der Waals surface area contributed by atoms with E-state index in [1.54, 1.807) is 7.11 Å². The maximum Gasteiger partial charge on any atom is 0.209 e. The van der Waals surface area contributed by atoms with Gasteiger partial charge in [-0.1, -0.05) is 49.4 Å². The van der Waals surface area contributed by atoms with E-state index < -0.39 is 0 Å². The number of carbonyl (C=O) groups is 1. The van der Waals surface area contributed by atoms with Crippen molar-refractivity contribution in [3.63, 3.8) is 0 Å². The highest BCUT2D eigenvalue weighted by Gasteiger charge is 2.27. The number of methoxy groups -OCH3 is 1. The van der Waals surface area contributed by atoms with Crippen LogP contribution < -0.4 is 14.8 Å². The third kappa shape index (κ3) is 8.67. The lowest BCUT2D eigenvalue weighted by Gasteiger charge is -2.37. The van der Waals surface area contributed by atoms with Crippen LogP contribution in [0, 0.1) is 25.7 Å². The molecule has 0 saturated carbocycles. The van der Waals surface area contributed by atoms with Gasteiger partial charge in [0.25, 0.3) is 0 Å². The van der Waals surface area contributed by atoms with Crippen LogP contribution in [0.15, 0.2) is 48.5 Å². The van der Waals surface area contributed by atoms with Gasteiger partial charge in [0.15, 0.2) is 11.5 Å². The molecule has 0 aromatic heterocycles. The Morgan fingerprint density at radius 3 is 2.28 bits per heavy atom. The number of piperidine rings is 1. The van der Waals surface area contributed by atoms with Gasteiger partial charge < -0.3 is 19.7 Å². The molecule has 0 aliphatic carbocycles. The summed E-state index contributed by atoms with van der Waals surface area (Å²) in [6, 6.07) is 17.3. The maximum atomic E-state index is 10.9. The van der Waals surface area contributed by atoms with Crippen molar-refractivity contribution in [3.05, 3.63) is 59.7 Å². The van der Waals surface area contributed by atoms with Gasteiger partial charge in [-0.05, 0) is 43.7 Å². The normalized spacial score (nSPS) is 20.2. The first-order valence-corrected chi connectivity index (χ1v) is 12.8. The predicted molar refractivity (Wildman–Crippen MR) is 148 cm³/mol. The van der Waals surface area contributed by atoms with Gasteiger partial charge in [-0.3, -0.25) is 4.79 Å². The molecule has 2 aliphatic rings. The van der Waals surface area contributed by atoms with Crippen LogP contribution in [-0.2, 0) is 4.79 Å². The molecule has 1 amide bonds. The number of hydrogen-bond acceptors (Lipinski definition) is 3. The zero-order valence-electron chi connectivity index (χ0n) is 22.1. The minimum Gasteiger partial charge on any atom is -0.493 e. The highest BCUT2D eigenvalue weighted by Crippen LogP contribution is 2.37. The Morgan fingerprint density at radius 1 is 1.00 bits per heavy atom. The predicted octanol–water partition coefficient (Wildman–Crippen LogP) is 4.44. The number of para-hydroxylation sites is 1. The van der Waals surface area contributed by atoms with Crippen LogP contribution in [0.5, 0.6) is 11.5 Å². The molecule has 2 heterocycles. The van der Waals surface area contributed by atoms with Crippen LogP contribution in [0.25, 0.3) is 0 Å². The molecule has 2 N–H and O–H groups in total. The van der Waals surface area contributed by atoms with E-state index in [9.17, 15) is 4.79 Å². The quantitative estimate of drug-likeness (QED) is 0.460. The number of nitrogens with two attached hydrogens (primary N) is 1. The first-order chi connectivity index (χ1) is 17.7. The number of rotatable bonds is 7. The van der Waals surface area contributed by atoms with E-state index in [1.807, 2.05) is 17.9 Å². The number of ether oxygens (including phenoxy) is 2. The zero-order valence-corrected chi connectivity index (χ0v) is 22.1. The molecule has 2 saturated heterocycles. The molecule has 2 aromatic carbocycles. The average Bonchev–Trinajstić information content (AvgIpc) is 3.51. The summed E-state index contributed by atoms with van der Waals surface area (Å²) < 4.78 is 11.1. The van der Waals surface area contributed by atoms with Crippen molar-refractivity contribution in [2.75, 3.05) is 33.4 Å². The molecule has 2 unspecified atom stereocenters. The molecule has 5 nitrogen and oxygen atoms in total. The Bertz CT molecular complexity index is 898. The van der Waals surface area contributed by atoms with Crippen molar-refractivity contribution >= 4 is 6.41 Å². The standard InChI is InChI=1S/C14H19NO.C13H19NO2.2C2H2/c1-2-14-10-13(8-9-15(14)11-16)12-6-4-3-5-7-12;1-3-16-13-11(10-7-8-14-9-10)5-4-6-12(13)15-2;2*1-2/h3-7,11,13-14H,2,8-10H2,1H3;4-6,10,14H,3,7-9H2,1-2H3;2*1-2H/p+1/t;10-;;/m.0../s1. The molecular formula is C31H43N2O3+. The number of carbonyl (C=O) groups excluding carboxylic acids is 1. The largest absolute Gasteiger partial charge is 0.493 e. The summed E-state index contributed by atoms with van der Waals surface area (Å²) in [6.07, 6.45) is 21.5. The van der Waals surface area contributed by atoms with Crippen molar-refractivity contribution in [3.8, 4) is 37.2 Å². The van der Waals surface area contributed by atoms with Crippen LogP contribution in [0.4, 0.5) is 0 Å². The van der Waals surface area contributed by atoms with Crippen molar-refractivity contribution in [1.29, 1.82) is 0 Å². The number of terminal acetylenes is 2. The highest BCUT2D eigenvalue weighted by molar-refractivity contribution is 5.49. The molecule has 0 radical (unpaired) electrons. The second-order valence-electron chi connectivity index (χ2n) is 8.65. The van der Waals surface area contributed by atoms with Crippen molar-refractivity contribution in [2.45, 2.75) is 57.4 Å². The van der Waals surface area contributed by atoms with Gasteiger partial charge >= 0.3 is 0 Å². The summed E-state index contributed by atoms with van der Waals surface area (Å²) in [5.74, 6) is 3.03. The van der Waals surface area contributed by atoms with E-state index in [0.717, 1.165) is 50.3 Å². The number of nitrogens with zero attached hydrogens (tertiary/aromatic N) is 1. The first-order valence-electron chi connectivity index (χ1n) is 12.8. The van der Waals surface area contributed by atoms with Crippen molar-refractivity contribution in [2.24, 2.45) is 0 Å². The topological polar surface area (TPSA) is 55.4 Å². The number of likely N-dealkylation sites (tertiary alicyclic amines) is 1. The SMILES string of the molecule is C#C.C#C.CCC1CC(c2ccccc2)CCN1C=O.CCOc1c(OC)cccc1[C@H]1CC[NH2+]C1. The van der Waals surface area contributed by atoms with E-state index in [4.69, 9.17) is 9.47 Å². The molecule has 0 spiro atoms. The monoisotopic (exact) mass is 491 g/mol. The first kappa shape index (κ1) is 30.6. The van der Waals surface area contributed by atoms with Gasteiger partial charge in [0, 0.05) is 30.5 Å². The summed E-state index contributed by atoms with van der Waals surface area (Å²) in [7, 11) is 1.70. The molecule has 4 rings (SSSR count). The van der Waals surface area contributed by atoms with Crippen LogP contribution >= 0.6 is 0 Å². The summed E-state index contributed by atoms with van der Waals surface area (Å²) in [6.45, 7) is 8.14. The smallest absolute Gasteiger partial charge is 0.209 e. The Kier molecular flexibility index (Phi) is 15.3. The lowest BCUT2D eigenvalue weighted by Crippen LogP contribution is -2.81. The summed E-state index contributed by atoms with van der Waals surface area (Å²) in [5.41, 5.74) is 2.72. The Hall–Kier alpha value is -3.41. The second kappa shape index (κ2) is 17.9. The molecule has 194 valence electrons. The molecule has 2 aromatic rings. The summed E-state index contributed by atoms with van der Waals surface area (Å²) in [5, 5.41) is 2.36. The third-order valence-electron chi connectivity index (χ3n) is 6.77. The summed E-state index contributed by atoms with van der Waals surface area (Å²) >= 11 is 0. The second-order valence-corrected chi connectivity index (χ2v) is 8.65. The lowest BCUT2D eigenvalue weighted by atomic mass is 9.85.